The lowest BCUT2D eigenvalue weighted by Gasteiger charge is -2.16. The quantitative estimate of drug-likeness (QED) is 0.841. The van der Waals surface area contributed by atoms with Gasteiger partial charge >= 0.3 is 0 Å². The molecule has 0 amide bonds. The van der Waals surface area contributed by atoms with E-state index in [4.69, 9.17) is 5.26 Å². The second-order valence-corrected chi connectivity index (χ2v) is 7.94. The third kappa shape index (κ3) is 3.63. The van der Waals surface area contributed by atoms with Gasteiger partial charge < -0.3 is 0 Å². The molecule has 0 aromatic heterocycles. The molecule has 1 aromatic rings. The summed E-state index contributed by atoms with van der Waals surface area (Å²) in [7, 11) is -3.43. The Morgan fingerprint density at radius 3 is 2.19 bits per heavy atom. The Balaban J connectivity index is 1.64. The number of nitrogens with one attached hydrogen (secondary N) is 1. The van der Waals surface area contributed by atoms with Crippen molar-refractivity contribution in [3.8, 4) is 6.07 Å². The zero-order valence-corrected chi connectivity index (χ0v) is 12.8. The lowest BCUT2D eigenvalue weighted by Crippen LogP contribution is -2.31. The van der Waals surface area contributed by atoms with Crippen LogP contribution in [0.25, 0.3) is 0 Å². The van der Waals surface area contributed by atoms with Gasteiger partial charge in [0.2, 0.25) is 10.0 Å². The summed E-state index contributed by atoms with van der Waals surface area (Å²) in [5, 5.41) is 8.63. The zero-order chi connectivity index (χ0) is 14.9. The first-order valence-corrected chi connectivity index (χ1v) is 9.04. The maximum atomic E-state index is 12.3. The minimum Gasteiger partial charge on any atom is -0.211 e. The molecule has 5 heteroatoms. The summed E-state index contributed by atoms with van der Waals surface area (Å²) in [4.78, 5) is 0.287. The van der Waals surface area contributed by atoms with Crippen LogP contribution in [-0.2, 0) is 16.4 Å². The van der Waals surface area contributed by atoms with Crippen LogP contribution >= 0.6 is 0 Å². The van der Waals surface area contributed by atoms with Crippen molar-refractivity contribution in [2.24, 2.45) is 17.8 Å². The molecule has 2 fully saturated rings. The molecule has 0 atom stereocenters. The number of nitrogens with zero attached hydrogens (tertiary/aromatic N) is 1. The van der Waals surface area contributed by atoms with Crippen molar-refractivity contribution in [3.63, 3.8) is 0 Å². The van der Waals surface area contributed by atoms with E-state index in [1.54, 1.807) is 24.3 Å². The summed E-state index contributed by atoms with van der Waals surface area (Å²) in [6, 6.07) is 8.63. The van der Waals surface area contributed by atoms with E-state index in [1.807, 2.05) is 0 Å². The summed E-state index contributed by atoms with van der Waals surface area (Å²) >= 11 is 0. The van der Waals surface area contributed by atoms with Crippen molar-refractivity contribution in [1.29, 1.82) is 5.26 Å². The minimum atomic E-state index is -3.43. The first-order chi connectivity index (χ1) is 10.1. The molecule has 0 spiro atoms. The Labute approximate surface area is 126 Å². The van der Waals surface area contributed by atoms with Gasteiger partial charge in [0.1, 0.15) is 0 Å². The predicted octanol–water partition coefficient (Wildman–Crippen LogP) is 2.47. The molecule has 2 saturated carbocycles. The van der Waals surface area contributed by atoms with Gasteiger partial charge in [0.05, 0.1) is 17.4 Å². The Kier molecular flexibility index (Phi) is 4.01. The van der Waals surface area contributed by atoms with Gasteiger partial charge in [-0.1, -0.05) is 12.1 Å². The van der Waals surface area contributed by atoms with Crippen molar-refractivity contribution >= 4 is 10.0 Å². The highest BCUT2D eigenvalue weighted by Gasteiger charge is 2.41. The van der Waals surface area contributed by atoms with Crippen LogP contribution in [-0.4, -0.2) is 15.0 Å². The number of benzene rings is 1. The van der Waals surface area contributed by atoms with Gasteiger partial charge in [0.25, 0.3) is 0 Å². The van der Waals surface area contributed by atoms with Crippen molar-refractivity contribution in [1.82, 2.24) is 4.72 Å². The summed E-state index contributed by atoms with van der Waals surface area (Å²) in [6.07, 6.45) is 5.33. The number of rotatable bonds is 7. The second-order valence-electron chi connectivity index (χ2n) is 6.17. The van der Waals surface area contributed by atoms with E-state index in [2.05, 4.69) is 10.8 Å². The molecule has 112 valence electrons. The lowest BCUT2D eigenvalue weighted by atomic mass is 9.99. The van der Waals surface area contributed by atoms with Crippen LogP contribution in [0.3, 0.4) is 0 Å². The largest absolute Gasteiger partial charge is 0.240 e. The maximum absolute atomic E-state index is 12.3. The predicted molar refractivity (Wildman–Crippen MR) is 79.9 cm³/mol. The van der Waals surface area contributed by atoms with Gasteiger partial charge in [-0.3, -0.25) is 0 Å². The van der Waals surface area contributed by atoms with Gasteiger partial charge in [-0.2, -0.15) is 5.26 Å². The molecule has 0 heterocycles. The average molecular weight is 304 g/mol. The number of hydrogen-bond donors (Lipinski definition) is 1. The van der Waals surface area contributed by atoms with Crippen molar-refractivity contribution < 1.29 is 8.42 Å². The fourth-order valence-corrected chi connectivity index (χ4v) is 4.01. The van der Waals surface area contributed by atoms with Crippen LogP contribution in [0.4, 0.5) is 0 Å². The summed E-state index contributed by atoms with van der Waals surface area (Å²) in [5.74, 6) is 1.99. The van der Waals surface area contributed by atoms with Gasteiger partial charge in [-0.05, 0) is 61.1 Å². The molecule has 2 aliphatic rings. The molecule has 0 saturated heterocycles. The third-order valence-corrected chi connectivity index (χ3v) is 5.92. The van der Waals surface area contributed by atoms with Crippen LogP contribution in [0.5, 0.6) is 0 Å². The average Bonchev–Trinajstić information content (AvgIpc) is 3.34. The molecule has 0 aliphatic heterocycles. The molecule has 2 aliphatic carbocycles. The van der Waals surface area contributed by atoms with Crippen molar-refractivity contribution in [3.05, 3.63) is 29.8 Å². The highest BCUT2D eigenvalue weighted by molar-refractivity contribution is 7.89. The second kappa shape index (κ2) is 5.78. The van der Waals surface area contributed by atoms with E-state index in [-0.39, 0.29) is 4.90 Å². The Bertz CT molecular complexity index is 626. The van der Waals surface area contributed by atoms with Crippen LogP contribution in [0.1, 0.15) is 31.2 Å². The summed E-state index contributed by atoms with van der Waals surface area (Å²) in [5.41, 5.74) is 0.838. The fraction of sp³-hybridized carbons (Fsp3) is 0.562. The van der Waals surface area contributed by atoms with Crippen molar-refractivity contribution in [2.45, 2.75) is 37.0 Å². The van der Waals surface area contributed by atoms with Gasteiger partial charge in [-0.25, -0.2) is 13.1 Å². The molecular weight excluding hydrogens is 284 g/mol. The molecule has 1 N–H and O–H groups in total. The number of hydrogen-bond acceptors (Lipinski definition) is 3. The molecule has 0 bridgehead atoms. The fourth-order valence-electron chi connectivity index (χ4n) is 2.93. The van der Waals surface area contributed by atoms with Crippen LogP contribution in [0, 0.1) is 29.1 Å². The van der Waals surface area contributed by atoms with Gasteiger partial charge in [0, 0.05) is 6.54 Å². The topological polar surface area (TPSA) is 70.0 Å². The Morgan fingerprint density at radius 2 is 1.71 bits per heavy atom. The van der Waals surface area contributed by atoms with E-state index in [0.29, 0.717) is 18.9 Å². The van der Waals surface area contributed by atoms with Gasteiger partial charge in [0.15, 0.2) is 0 Å². The first-order valence-electron chi connectivity index (χ1n) is 7.56. The van der Waals surface area contributed by atoms with E-state index < -0.39 is 10.0 Å². The molecule has 0 unspecified atom stereocenters. The SMILES string of the molecule is N#CCc1ccc(S(=O)(=O)NCC(C2CC2)C2CC2)cc1. The highest BCUT2D eigenvalue weighted by Crippen LogP contribution is 2.48. The lowest BCUT2D eigenvalue weighted by molar-refractivity contribution is 0.401. The zero-order valence-electron chi connectivity index (χ0n) is 12.0. The Hall–Kier alpha value is -1.38. The molecule has 3 rings (SSSR count). The van der Waals surface area contributed by atoms with Crippen molar-refractivity contribution in [2.75, 3.05) is 6.54 Å². The normalized spacial score (nSPS) is 18.7. The van der Waals surface area contributed by atoms with Crippen LogP contribution in [0.2, 0.25) is 0 Å². The van der Waals surface area contributed by atoms with E-state index >= 15 is 0 Å². The molecule has 0 radical (unpaired) electrons. The number of nitriles is 1. The molecule has 4 nitrogen and oxygen atoms in total. The first kappa shape index (κ1) is 14.6. The standard InChI is InChI=1S/C16H20N2O2S/c17-10-9-12-1-7-15(8-2-12)21(19,20)18-11-16(13-3-4-13)14-5-6-14/h1-2,7-8,13-14,16,18H,3-6,9,11H2. The van der Waals surface area contributed by atoms with E-state index in [9.17, 15) is 8.42 Å². The number of sulfonamides is 1. The smallest absolute Gasteiger partial charge is 0.211 e. The maximum Gasteiger partial charge on any atom is 0.240 e. The van der Waals surface area contributed by atoms with E-state index in [0.717, 1.165) is 17.4 Å². The third-order valence-electron chi connectivity index (χ3n) is 4.48. The van der Waals surface area contributed by atoms with Crippen LogP contribution < -0.4 is 4.72 Å². The summed E-state index contributed by atoms with van der Waals surface area (Å²) in [6.45, 7) is 0.567. The molecule has 1 aromatic carbocycles. The Morgan fingerprint density at radius 1 is 1.14 bits per heavy atom. The van der Waals surface area contributed by atoms with Crippen LogP contribution in [0.15, 0.2) is 29.2 Å². The summed E-state index contributed by atoms with van der Waals surface area (Å²) < 4.78 is 27.4. The monoisotopic (exact) mass is 304 g/mol. The molecular formula is C16H20N2O2S. The van der Waals surface area contributed by atoms with Gasteiger partial charge in [-0.15, -0.1) is 0 Å². The van der Waals surface area contributed by atoms with E-state index in [1.165, 1.54) is 25.7 Å². The minimum absolute atomic E-state index is 0.287. The molecule has 21 heavy (non-hydrogen) atoms. The highest BCUT2D eigenvalue weighted by atomic mass is 32.2.